The third kappa shape index (κ3) is 5.93. The number of rotatable bonds is 8. The summed E-state index contributed by atoms with van der Waals surface area (Å²) in [6.07, 6.45) is 4.11. The average molecular weight is 267 g/mol. The van der Waals surface area contributed by atoms with Crippen LogP contribution in [0.25, 0.3) is 0 Å². The van der Waals surface area contributed by atoms with Crippen LogP contribution in [-0.4, -0.2) is 29.2 Å². The smallest absolute Gasteiger partial charge is 0.125 e. The van der Waals surface area contributed by atoms with Gasteiger partial charge in [0.15, 0.2) is 0 Å². The van der Waals surface area contributed by atoms with Crippen LogP contribution in [0.2, 0.25) is 0 Å². The molecular formula is C13H21N3OS. The van der Waals surface area contributed by atoms with Crippen molar-refractivity contribution >= 4 is 23.0 Å². The van der Waals surface area contributed by atoms with Crippen molar-refractivity contribution in [1.82, 2.24) is 4.98 Å². The summed E-state index contributed by atoms with van der Waals surface area (Å²) in [5, 5.41) is 3.25. The van der Waals surface area contributed by atoms with Crippen molar-refractivity contribution in [3.63, 3.8) is 0 Å². The van der Waals surface area contributed by atoms with Crippen LogP contribution in [0.15, 0.2) is 18.3 Å². The number of nitrogens with two attached hydrogens (primary N) is 1. The Morgan fingerprint density at radius 1 is 1.44 bits per heavy atom. The first-order valence-electron chi connectivity index (χ1n) is 6.21. The zero-order valence-electron chi connectivity index (χ0n) is 11.0. The van der Waals surface area contributed by atoms with Crippen molar-refractivity contribution in [2.24, 2.45) is 5.73 Å². The SMILES string of the molecule is CC(C)OCCCCNc1ccc(C(N)=S)cn1. The van der Waals surface area contributed by atoms with Gasteiger partial charge in [0.1, 0.15) is 10.8 Å². The third-order valence-corrected chi connectivity index (χ3v) is 2.61. The number of nitrogens with one attached hydrogen (secondary N) is 1. The summed E-state index contributed by atoms with van der Waals surface area (Å²) < 4.78 is 5.46. The molecule has 18 heavy (non-hydrogen) atoms. The lowest BCUT2D eigenvalue weighted by atomic mass is 10.3. The first-order valence-corrected chi connectivity index (χ1v) is 6.61. The van der Waals surface area contributed by atoms with E-state index in [1.807, 2.05) is 26.0 Å². The molecule has 0 fully saturated rings. The Morgan fingerprint density at radius 3 is 2.78 bits per heavy atom. The Hall–Kier alpha value is -1.20. The number of unbranched alkanes of at least 4 members (excludes halogenated alkanes) is 1. The van der Waals surface area contributed by atoms with E-state index in [2.05, 4.69) is 10.3 Å². The second-order valence-electron chi connectivity index (χ2n) is 4.35. The molecule has 1 aromatic heterocycles. The monoisotopic (exact) mass is 267 g/mol. The third-order valence-electron chi connectivity index (χ3n) is 2.38. The molecule has 0 saturated heterocycles. The van der Waals surface area contributed by atoms with E-state index in [9.17, 15) is 0 Å². The normalized spacial score (nSPS) is 10.6. The summed E-state index contributed by atoms with van der Waals surface area (Å²) in [6.45, 7) is 5.80. The summed E-state index contributed by atoms with van der Waals surface area (Å²) in [5.41, 5.74) is 6.29. The molecule has 1 aromatic rings. The van der Waals surface area contributed by atoms with E-state index in [0.29, 0.717) is 11.1 Å². The highest BCUT2D eigenvalue weighted by molar-refractivity contribution is 7.80. The predicted octanol–water partition coefficient (Wildman–Crippen LogP) is 2.33. The van der Waals surface area contributed by atoms with E-state index in [4.69, 9.17) is 22.7 Å². The number of aromatic nitrogens is 1. The molecule has 4 nitrogen and oxygen atoms in total. The molecule has 0 spiro atoms. The molecule has 0 aliphatic carbocycles. The van der Waals surface area contributed by atoms with E-state index in [1.54, 1.807) is 6.20 Å². The molecule has 0 aromatic carbocycles. The molecule has 100 valence electrons. The van der Waals surface area contributed by atoms with Crippen LogP contribution >= 0.6 is 12.2 Å². The summed E-state index contributed by atoms with van der Waals surface area (Å²) in [7, 11) is 0. The van der Waals surface area contributed by atoms with Gasteiger partial charge in [-0.3, -0.25) is 0 Å². The molecule has 5 heteroatoms. The van der Waals surface area contributed by atoms with Crippen LogP contribution in [0, 0.1) is 0 Å². The standard InChI is InChI=1S/C13H21N3OS/c1-10(2)17-8-4-3-7-15-12-6-5-11(9-16-12)13(14)18/h5-6,9-10H,3-4,7-8H2,1-2H3,(H2,14,18)(H,15,16). The molecule has 0 bridgehead atoms. The van der Waals surface area contributed by atoms with Gasteiger partial charge in [-0.2, -0.15) is 0 Å². The van der Waals surface area contributed by atoms with Crippen LogP contribution in [0.1, 0.15) is 32.3 Å². The van der Waals surface area contributed by atoms with E-state index in [1.165, 1.54) is 0 Å². The van der Waals surface area contributed by atoms with E-state index in [-0.39, 0.29) is 0 Å². The maximum Gasteiger partial charge on any atom is 0.125 e. The minimum atomic E-state index is 0.312. The van der Waals surface area contributed by atoms with E-state index < -0.39 is 0 Å². The maximum atomic E-state index is 5.50. The zero-order chi connectivity index (χ0) is 13.4. The number of pyridine rings is 1. The Balaban J connectivity index is 2.17. The molecule has 1 rings (SSSR count). The molecule has 0 aliphatic heterocycles. The Labute approximate surface area is 114 Å². The molecule has 1 heterocycles. The topological polar surface area (TPSA) is 60.2 Å². The quantitative estimate of drug-likeness (QED) is 0.559. The number of hydrogen-bond acceptors (Lipinski definition) is 4. The number of ether oxygens (including phenoxy) is 1. The number of anilines is 1. The van der Waals surface area contributed by atoms with Gasteiger partial charge in [0.25, 0.3) is 0 Å². The van der Waals surface area contributed by atoms with Crippen molar-refractivity contribution in [2.45, 2.75) is 32.8 Å². The van der Waals surface area contributed by atoms with Crippen molar-refractivity contribution in [2.75, 3.05) is 18.5 Å². The van der Waals surface area contributed by atoms with Crippen molar-refractivity contribution < 1.29 is 4.74 Å². The minimum absolute atomic E-state index is 0.312. The Morgan fingerprint density at radius 2 is 2.22 bits per heavy atom. The lowest BCUT2D eigenvalue weighted by Gasteiger charge is -2.08. The predicted molar refractivity (Wildman–Crippen MR) is 78.9 cm³/mol. The lowest BCUT2D eigenvalue weighted by Crippen LogP contribution is -2.11. The number of hydrogen-bond donors (Lipinski definition) is 2. The Bertz CT molecular complexity index is 365. The second-order valence-corrected chi connectivity index (χ2v) is 4.79. The first kappa shape index (κ1) is 14.9. The fraction of sp³-hybridized carbons (Fsp3) is 0.538. The summed E-state index contributed by atoms with van der Waals surface area (Å²) >= 11 is 4.87. The van der Waals surface area contributed by atoms with Gasteiger partial charge >= 0.3 is 0 Å². The van der Waals surface area contributed by atoms with Gasteiger partial charge in [-0.25, -0.2) is 4.98 Å². The highest BCUT2D eigenvalue weighted by Gasteiger charge is 1.98. The Kier molecular flexibility index (Phi) is 6.60. The van der Waals surface area contributed by atoms with Crippen molar-refractivity contribution in [3.05, 3.63) is 23.9 Å². The maximum absolute atomic E-state index is 5.50. The zero-order valence-corrected chi connectivity index (χ0v) is 11.8. The molecule has 0 radical (unpaired) electrons. The van der Waals surface area contributed by atoms with Crippen LogP contribution in [-0.2, 0) is 4.74 Å². The van der Waals surface area contributed by atoms with Crippen LogP contribution in [0.5, 0.6) is 0 Å². The van der Waals surface area contributed by atoms with Gasteiger partial charge in [-0.05, 0) is 38.8 Å². The molecule has 0 aliphatic rings. The lowest BCUT2D eigenvalue weighted by molar-refractivity contribution is 0.0765. The molecule has 0 saturated carbocycles. The summed E-state index contributed by atoms with van der Waals surface area (Å²) in [5.74, 6) is 0.847. The first-order chi connectivity index (χ1) is 8.59. The van der Waals surface area contributed by atoms with Gasteiger partial charge in [-0.15, -0.1) is 0 Å². The van der Waals surface area contributed by atoms with Crippen LogP contribution in [0.3, 0.4) is 0 Å². The van der Waals surface area contributed by atoms with Gasteiger partial charge < -0.3 is 15.8 Å². The summed E-state index contributed by atoms with van der Waals surface area (Å²) in [4.78, 5) is 4.61. The van der Waals surface area contributed by atoms with Crippen molar-refractivity contribution in [3.8, 4) is 0 Å². The van der Waals surface area contributed by atoms with E-state index >= 15 is 0 Å². The van der Waals surface area contributed by atoms with Crippen LogP contribution < -0.4 is 11.1 Å². The summed E-state index contributed by atoms with van der Waals surface area (Å²) in [6, 6.07) is 3.76. The molecular weight excluding hydrogens is 246 g/mol. The average Bonchev–Trinajstić information content (AvgIpc) is 2.34. The van der Waals surface area contributed by atoms with E-state index in [0.717, 1.165) is 37.4 Å². The van der Waals surface area contributed by atoms with Gasteiger partial charge in [-0.1, -0.05) is 12.2 Å². The van der Waals surface area contributed by atoms with Crippen LogP contribution in [0.4, 0.5) is 5.82 Å². The van der Waals surface area contributed by atoms with Gasteiger partial charge in [0.2, 0.25) is 0 Å². The molecule has 0 unspecified atom stereocenters. The second kappa shape index (κ2) is 8.00. The molecule has 3 N–H and O–H groups in total. The van der Waals surface area contributed by atoms with Gasteiger partial charge in [0, 0.05) is 24.9 Å². The fourth-order valence-corrected chi connectivity index (χ4v) is 1.53. The highest BCUT2D eigenvalue weighted by Crippen LogP contribution is 2.05. The molecule has 0 atom stereocenters. The highest BCUT2D eigenvalue weighted by atomic mass is 32.1. The van der Waals surface area contributed by atoms with Gasteiger partial charge in [0.05, 0.1) is 6.10 Å². The van der Waals surface area contributed by atoms with Crippen molar-refractivity contribution in [1.29, 1.82) is 0 Å². The number of nitrogens with zero attached hydrogens (tertiary/aromatic N) is 1. The fourth-order valence-electron chi connectivity index (χ4n) is 1.41. The molecule has 0 amide bonds. The largest absolute Gasteiger partial charge is 0.389 e. The number of thiocarbonyl (C=S) groups is 1. The minimum Gasteiger partial charge on any atom is -0.389 e.